The van der Waals surface area contributed by atoms with Crippen molar-refractivity contribution in [1.29, 1.82) is 0 Å². The van der Waals surface area contributed by atoms with Crippen LogP contribution in [0.5, 0.6) is 0 Å². The van der Waals surface area contributed by atoms with Crippen molar-refractivity contribution in [2.24, 2.45) is 0 Å². The van der Waals surface area contributed by atoms with Crippen LogP contribution in [0.3, 0.4) is 0 Å². The Morgan fingerprint density at radius 1 is 1.24 bits per heavy atom. The van der Waals surface area contributed by atoms with Gasteiger partial charge in [-0.1, -0.05) is 31.0 Å². The van der Waals surface area contributed by atoms with E-state index in [4.69, 9.17) is 0 Å². The lowest BCUT2D eigenvalue weighted by atomic mass is 10.1. The first-order chi connectivity index (χ1) is 8.11. The van der Waals surface area contributed by atoms with Crippen molar-refractivity contribution >= 4 is 0 Å². The normalized spacial score (nSPS) is 10.8. The van der Waals surface area contributed by atoms with Gasteiger partial charge < -0.3 is 0 Å². The monoisotopic (exact) mass is 230 g/mol. The number of H-pyrrole nitrogens is 1. The Morgan fingerprint density at radius 2 is 2.00 bits per heavy atom. The molecule has 0 radical (unpaired) electrons. The van der Waals surface area contributed by atoms with E-state index >= 15 is 0 Å². The van der Waals surface area contributed by atoms with Crippen molar-refractivity contribution < 1.29 is 0 Å². The molecule has 0 aliphatic carbocycles. The molecule has 1 aromatic heterocycles. The lowest BCUT2D eigenvalue weighted by molar-refractivity contribution is 0.789. The Hall–Kier alpha value is -1.77. The van der Waals surface area contributed by atoms with Gasteiger partial charge in [0.1, 0.15) is 0 Å². The molecule has 0 bridgehead atoms. The summed E-state index contributed by atoms with van der Waals surface area (Å²) >= 11 is 0. The molecule has 0 saturated carbocycles. The zero-order valence-electron chi connectivity index (χ0n) is 10.6. The van der Waals surface area contributed by atoms with Crippen molar-refractivity contribution in [1.82, 2.24) is 9.78 Å². The van der Waals surface area contributed by atoms with Crippen LogP contribution < -0.4 is 5.56 Å². The number of hydrogen-bond donors (Lipinski definition) is 1. The van der Waals surface area contributed by atoms with Gasteiger partial charge in [0.2, 0.25) is 0 Å². The second-order valence-corrected chi connectivity index (χ2v) is 4.49. The predicted octanol–water partition coefficient (Wildman–Crippen LogP) is 2.73. The molecule has 0 unspecified atom stereocenters. The summed E-state index contributed by atoms with van der Waals surface area (Å²) in [4.78, 5) is 11.9. The highest BCUT2D eigenvalue weighted by Gasteiger charge is 2.06. The lowest BCUT2D eigenvalue weighted by Crippen LogP contribution is -2.14. The quantitative estimate of drug-likeness (QED) is 0.865. The molecule has 0 fully saturated rings. The van der Waals surface area contributed by atoms with Gasteiger partial charge in [-0.2, -0.15) is 0 Å². The number of nitrogens with zero attached hydrogens (tertiary/aromatic N) is 1. The van der Waals surface area contributed by atoms with Crippen LogP contribution in [0.2, 0.25) is 0 Å². The molecule has 0 spiro atoms. The maximum atomic E-state index is 11.9. The summed E-state index contributed by atoms with van der Waals surface area (Å²) in [6, 6.07) is 7.78. The number of aryl methyl sites for hydroxylation is 3. The lowest BCUT2D eigenvalue weighted by Gasteiger charge is -2.07. The average Bonchev–Trinajstić information content (AvgIpc) is 2.60. The highest BCUT2D eigenvalue weighted by Crippen LogP contribution is 2.13. The van der Waals surface area contributed by atoms with Gasteiger partial charge in [0.05, 0.1) is 5.69 Å². The van der Waals surface area contributed by atoms with Gasteiger partial charge >= 0.3 is 0 Å². The third-order valence-electron chi connectivity index (χ3n) is 2.89. The van der Waals surface area contributed by atoms with Crippen molar-refractivity contribution in [3.05, 3.63) is 51.4 Å². The highest BCUT2D eigenvalue weighted by molar-refractivity contribution is 5.41. The molecule has 0 amide bonds. The molecule has 3 heteroatoms. The van der Waals surface area contributed by atoms with Crippen LogP contribution in [-0.4, -0.2) is 9.78 Å². The number of aromatic amines is 1. The van der Waals surface area contributed by atoms with E-state index in [0.717, 1.165) is 29.8 Å². The van der Waals surface area contributed by atoms with Crippen LogP contribution in [-0.2, 0) is 6.42 Å². The summed E-state index contributed by atoms with van der Waals surface area (Å²) in [5.74, 6) is 0. The van der Waals surface area contributed by atoms with Crippen LogP contribution >= 0.6 is 0 Å². The van der Waals surface area contributed by atoms with Crippen molar-refractivity contribution in [2.45, 2.75) is 33.6 Å². The van der Waals surface area contributed by atoms with E-state index in [1.165, 1.54) is 5.56 Å². The van der Waals surface area contributed by atoms with Gasteiger partial charge in [0.25, 0.3) is 5.56 Å². The van der Waals surface area contributed by atoms with E-state index in [-0.39, 0.29) is 5.56 Å². The molecule has 3 nitrogen and oxygen atoms in total. The van der Waals surface area contributed by atoms with E-state index in [0.29, 0.717) is 0 Å². The number of aromatic nitrogens is 2. The Morgan fingerprint density at radius 3 is 2.65 bits per heavy atom. The van der Waals surface area contributed by atoms with Gasteiger partial charge in [-0.15, -0.1) is 0 Å². The molecule has 90 valence electrons. The van der Waals surface area contributed by atoms with Crippen LogP contribution in [0.25, 0.3) is 5.69 Å². The van der Waals surface area contributed by atoms with E-state index in [1.807, 2.05) is 19.1 Å². The minimum atomic E-state index is 0.0143. The summed E-state index contributed by atoms with van der Waals surface area (Å²) in [5, 5.41) is 3.16. The molecular formula is C14H18N2O. The van der Waals surface area contributed by atoms with Gasteiger partial charge in [-0.05, 0) is 31.9 Å². The zero-order chi connectivity index (χ0) is 12.4. The average molecular weight is 230 g/mol. The molecule has 1 aromatic carbocycles. The zero-order valence-corrected chi connectivity index (χ0v) is 10.6. The Labute approximate surface area is 101 Å². The van der Waals surface area contributed by atoms with E-state index in [9.17, 15) is 4.79 Å². The third kappa shape index (κ3) is 2.33. The fourth-order valence-corrected chi connectivity index (χ4v) is 2.08. The smallest absolute Gasteiger partial charge is 0.271 e. The second-order valence-electron chi connectivity index (χ2n) is 4.49. The molecule has 2 aromatic rings. The molecule has 0 aliphatic heterocycles. The molecule has 17 heavy (non-hydrogen) atoms. The van der Waals surface area contributed by atoms with Crippen LogP contribution in [0.4, 0.5) is 0 Å². The molecule has 0 saturated heterocycles. The van der Waals surface area contributed by atoms with Gasteiger partial charge in [0.15, 0.2) is 0 Å². The summed E-state index contributed by atoms with van der Waals surface area (Å²) < 4.78 is 1.62. The number of benzene rings is 1. The minimum Gasteiger partial charge on any atom is -0.295 e. The second kappa shape index (κ2) is 4.62. The number of rotatable bonds is 3. The van der Waals surface area contributed by atoms with Gasteiger partial charge in [0, 0.05) is 11.8 Å². The minimum absolute atomic E-state index is 0.0143. The first-order valence-corrected chi connectivity index (χ1v) is 6.00. The first-order valence-electron chi connectivity index (χ1n) is 6.00. The first kappa shape index (κ1) is 11.7. The predicted molar refractivity (Wildman–Crippen MR) is 69.9 cm³/mol. The van der Waals surface area contributed by atoms with Crippen LogP contribution in [0.15, 0.2) is 29.1 Å². The van der Waals surface area contributed by atoms with Gasteiger partial charge in [-0.3, -0.25) is 9.89 Å². The number of hydrogen-bond acceptors (Lipinski definition) is 1. The fraction of sp³-hybridized carbons (Fsp3) is 0.357. The molecule has 1 heterocycles. The Kier molecular flexibility index (Phi) is 3.18. The number of nitrogens with one attached hydrogen (secondary N) is 1. The topological polar surface area (TPSA) is 37.8 Å². The Balaban J connectivity index is 2.49. The largest absolute Gasteiger partial charge is 0.295 e. The maximum Gasteiger partial charge on any atom is 0.271 e. The van der Waals surface area contributed by atoms with Crippen LogP contribution in [0, 0.1) is 13.8 Å². The molecule has 0 aliphatic rings. The fourth-order valence-electron chi connectivity index (χ4n) is 2.08. The van der Waals surface area contributed by atoms with Crippen molar-refractivity contribution in [2.75, 3.05) is 0 Å². The maximum absolute atomic E-state index is 11.9. The standard InChI is InChI=1S/C14H18N2O/c1-4-5-12-9-14(17)16(15-12)13-7-6-10(2)8-11(13)3/h6-9,15H,4-5H2,1-3H3. The molecule has 1 N–H and O–H groups in total. The SMILES string of the molecule is CCCc1cc(=O)n(-c2ccc(C)cc2C)[nH]1. The highest BCUT2D eigenvalue weighted by atomic mass is 16.1. The Bertz CT molecular complexity index is 578. The van der Waals surface area contributed by atoms with Crippen molar-refractivity contribution in [3.8, 4) is 5.69 Å². The van der Waals surface area contributed by atoms with Crippen molar-refractivity contribution in [3.63, 3.8) is 0 Å². The molecular weight excluding hydrogens is 212 g/mol. The molecule has 0 atom stereocenters. The van der Waals surface area contributed by atoms with E-state index < -0.39 is 0 Å². The van der Waals surface area contributed by atoms with Crippen LogP contribution in [0.1, 0.15) is 30.2 Å². The summed E-state index contributed by atoms with van der Waals surface area (Å²) in [6.07, 6.45) is 1.94. The van der Waals surface area contributed by atoms with Gasteiger partial charge in [-0.25, -0.2) is 4.68 Å². The summed E-state index contributed by atoms with van der Waals surface area (Å²) in [5.41, 5.74) is 4.26. The summed E-state index contributed by atoms with van der Waals surface area (Å²) in [6.45, 7) is 6.18. The third-order valence-corrected chi connectivity index (χ3v) is 2.89. The van der Waals surface area contributed by atoms with E-state index in [2.05, 4.69) is 25.0 Å². The summed E-state index contributed by atoms with van der Waals surface area (Å²) in [7, 11) is 0. The van der Waals surface area contributed by atoms with E-state index in [1.54, 1.807) is 10.7 Å². The molecule has 2 rings (SSSR count).